The van der Waals surface area contributed by atoms with Crippen LogP contribution in [0.5, 0.6) is 11.5 Å². The number of anilines is 4. The Labute approximate surface area is 609 Å². The number of rotatable bonds is 15. The van der Waals surface area contributed by atoms with Crippen LogP contribution in [0.3, 0.4) is 0 Å². The highest BCUT2D eigenvalue weighted by Gasteiger charge is 2.49. The number of nitrogens with one attached hydrogen (secondary N) is 5. The standard InChI is InChI=1S/C37H39ClF3N7O4.C20H26F3N5O2.C17H13ClN2O3/c1-45-19-26(24-7-9-42-18-25(24)36(45)51)22-15-28(38)27(32(16-22)52-2)20-46-10-8-33(37(40,41)21-46)48-13-11-47(12-14-48)31-5-3-23(17-29(31)39)43-30-4-6-34(49)44-35(30)50;21-14-11-13(25-15-2-4-18(29)26-19(15)30)1-3-16(14)27-7-9-28(10-8-27)17-5-6-24-12-20(17,22)23;1-20-8-13(11-3-4-19-7-12(11)17(20)22)10-5-15(18)14(9-21)16(6-10)23-2/h3,5,7,9,15-19,30,33,43H,4,6,8,10-14,20-21H2,1-2H3,(H,44,49,50);1,3,11,15,17,24-25H,2,4-10,12H2,(H,26,29,30);3-9H,1-2H3. The first kappa shape index (κ1) is 75.0. The van der Waals surface area contributed by atoms with Gasteiger partial charge in [-0.2, -0.15) is 0 Å². The number of alkyl halides is 4. The van der Waals surface area contributed by atoms with Gasteiger partial charge in [-0.25, -0.2) is 26.3 Å². The van der Waals surface area contributed by atoms with Crippen molar-refractivity contribution in [1.82, 2.24) is 49.8 Å². The number of amides is 4. The molecule has 0 saturated carbocycles. The number of hydrogen-bond donors (Lipinski definition) is 5. The van der Waals surface area contributed by atoms with Gasteiger partial charge < -0.3 is 44.4 Å². The molecule has 10 heterocycles. The third-order valence-corrected chi connectivity index (χ3v) is 20.8. The minimum atomic E-state index is -3.00. The summed E-state index contributed by atoms with van der Waals surface area (Å²) >= 11 is 13.0. The van der Waals surface area contributed by atoms with E-state index < -0.39 is 66.0 Å². The van der Waals surface area contributed by atoms with Gasteiger partial charge in [-0.1, -0.05) is 23.2 Å². The molecule has 105 heavy (non-hydrogen) atoms. The maximum absolute atomic E-state index is 15.9. The molecule has 23 nitrogen and oxygen atoms in total. The fourth-order valence-electron chi connectivity index (χ4n) is 14.6. The lowest BCUT2D eigenvalue weighted by molar-refractivity contribution is -0.135. The summed E-state index contributed by atoms with van der Waals surface area (Å²) in [7, 11) is 6.34. The molecule has 0 aliphatic carbocycles. The summed E-state index contributed by atoms with van der Waals surface area (Å²) in [5.41, 5.74) is 5.32. The number of halogens is 8. The SMILES string of the molecule is COc1cc(-c2cn(C)c(=O)c3cnccc23)cc(Cl)c1C=O.COc1cc(-c2cn(C)c(=O)c3cnccc23)cc(Cl)c1CN1CCC(N2CCN(c3ccc(NC4CCC(=O)NC4=O)cc3F)CC2)C(F)(F)C1.O=C1CCC(Nc2ccc(N3CCN(C4CCNCC4(F)F)CC3)c(F)c2)C(=O)N1. The Morgan fingerprint density at radius 2 is 1.06 bits per heavy atom. The average molecular weight is 1490 g/mol. The van der Waals surface area contributed by atoms with Gasteiger partial charge in [0.2, 0.25) is 23.6 Å². The van der Waals surface area contributed by atoms with Gasteiger partial charge in [0.1, 0.15) is 35.2 Å². The fraction of sp³-hybridized carbons (Fsp3) is 0.392. The predicted molar refractivity (Wildman–Crippen MR) is 388 cm³/mol. The summed E-state index contributed by atoms with van der Waals surface area (Å²) in [5, 5.41) is 16.4. The molecular weight excluding hydrogens is 1410 g/mol. The summed E-state index contributed by atoms with van der Waals surface area (Å²) in [6.45, 7) is 3.75. The van der Waals surface area contributed by atoms with Crippen molar-refractivity contribution in [2.24, 2.45) is 14.1 Å². The number of fused-ring (bicyclic) bond motifs is 2. The lowest BCUT2D eigenvalue weighted by atomic mass is 9.96. The smallest absolute Gasteiger partial charge is 0.275 e. The summed E-state index contributed by atoms with van der Waals surface area (Å²) in [5.74, 6) is -7.31. The van der Waals surface area contributed by atoms with Crippen LogP contribution in [0.2, 0.25) is 10.0 Å². The molecule has 5 N–H and O–H groups in total. The Hall–Kier alpha value is -9.65. The highest BCUT2D eigenvalue weighted by Crippen LogP contribution is 2.41. The minimum Gasteiger partial charge on any atom is -0.496 e. The highest BCUT2D eigenvalue weighted by molar-refractivity contribution is 6.33. The van der Waals surface area contributed by atoms with Crippen molar-refractivity contribution < 1.29 is 59.8 Å². The molecular formula is C74H78Cl2F6N14O9. The highest BCUT2D eigenvalue weighted by atomic mass is 35.5. The number of imide groups is 2. The van der Waals surface area contributed by atoms with E-state index in [0.29, 0.717) is 163 Å². The molecule has 6 aliphatic rings. The Kier molecular flexibility index (Phi) is 22.9. The van der Waals surface area contributed by atoms with E-state index in [2.05, 4.69) is 36.6 Å². The number of benzene rings is 4. The number of aldehydes is 1. The van der Waals surface area contributed by atoms with E-state index in [-0.39, 0.29) is 55.3 Å². The molecule has 14 rings (SSSR count). The summed E-state index contributed by atoms with van der Waals surface area (Å²) in [6.07, 6.45) is 12.2. The van der Waals surface area contributed by atoms with Gasteiger partial charge in [0.05, 0.1) is 72.1 Å². The molecule has 31 heteroatoms. The van der Waals surface area contributed by atoms with Gasteiger partial charge in [0, 0.05) is 163 Å². The van der Waals surface area contributed by atoms with E-state index in [1.807, 2.05) is 20.8 Å². The molecule has 4 atom stereocenters. The van der Waals surface area contributed by atoms with Crippen LogP contribution in [-0.2, 0) is 39.8 Å². The second kappa shape index (κ2) is 32.0. The number of pyridine rings is 4. The van der Waals surface area contributed by atoms with E-state index >= 15 is 13.2 Å². The van der Waals surface area contributed by atoms with E-state index in [1.165, 1.54) is 41.7 Å². The maximum Gasteiger partial charge on any atom is 0.275 e. The molecule has 0 spiro atoms. The van der Waals surface area contributed by atoms with Gasteiger partial charge >= 0.3 is 0 Å². The van der Waals surface area contributed by atoms with Crippen LogP contribution in [0.25, 0.3) is 43.8 Å². The minimum absolute atomic E-state index is 0.126. The van der Waals surface area contributed by atoms with Crippen molar-refractivity contribution >= 4 is 97.4 Å². The maximum atomic E-state index is 15.9. The van der Waals surface area contributed by atoms with E-state index in [9.17, 15) is 46.7 Å². The molecule has 6 saturated heterocycles. The Balaban J connectivity index is 0.000000164. The lowest BCUT2D eigenvalue weighted by Gasteiger charge is -2.46. The normalized spacial score (nSPS) is 20.8. The summed E-state index contributed by atoms with van der Waals surface area (Å²) in [4.78, 5) is 99.8. The van der Waals surface area contributed by atoms with E-state index in [1.54, 1.807) is 109 Å². The van der Waals surface area contributed by atoms with Crippen LogP contribution in [0.1, 0.15) is 54.4 Å². The molecule has 6 fully saturated rings. The first-order chi connectivity index (χ1) is 50.3. The number of aromatic nitrogens is 4. The van der Waals surface area contributed by atoms with Crippen LogP contribution >= 0.6 is 23.2 Å². The number of methoxy groups -OCH3 is 2. The number of carbonyl (C=O) groups excluding carboxylic acids is 5. The molecule has 8 aromatic rings. The Bertz CT molecular complexity index is 4770. The van der Waals surface area contributed by atoms with Crippen LogP contribution in [0.15, 0.2) is 120 Å². The first-order valence-corrected chi connectivity index (χ1v) is 35.1. The molecule has 4 aromatic heterocycles. The van der Waals surface area contributed by atoms with Crippen molar-refractivity contribution in [3.05, 3.63) is 163 Å². The van der Waals surface area contributed by atoms with Crippen LogP contribution in [-0.4, -0.2) is 192 Å². The third-order valence-electron chi connectivity index (χ3n) is 20.1. The monoisotopic (exact) mass is 1490 g/mol. The molecule has 554 valence electrons. The van der Waals surface area contributed by atoms with Crippen molar-refractivity contribution in [2.75, 3.05) is 113 Å². The first-order valence-electron chi connectivity index (χ1n) is 34.3. The van der Waals surface area contributed by atoms with Gasteiger partial charge in [-0.05, 0) is 127 Å². The molecule has 4 amide bonds. The predicted octanol–water partition coefficient (Wildman–Crippen LogP) is 8.89. The van der Waals surface area contributed by atoms with Crippen molar-refractivity contribution in [3.63, 3.8) is 0 Å². The van der Waals surface area contributed by atoms with Gasteiger partial charge in [-0.15, -0.1) is 0 Å². The van der Waals surface area contributed by atoms with Crippen molar-refractivity contribution in [1.29, 1.82) is 0 Å². The van der Waals surface area contributed by atoms with Crippen LogP contribution in [0, 0.1) is 11.6 Å². The fourth-order valence-corrected chi connectivity index (χ4v) is 15.1. The van der Waals surface area contributed by atoms with E-state index in [0.717, 1.165) is 27.6 Å². The zero-order valence-electron chi connectivity index (χ0n) is 57.9. The molecule has 4 unspecified atom stereocenters. The van der Waals surface area contributed by atoms with Crippen molar-refractivity contribution in [3.8, 4) is 33.8 Å². The zero-order valence-corrected chi connectivity index (χ0v) is 59.4. The Morgan fingerprint density at radius 3 is 1.50 bits per heavy atom. The lowest BCUT2D eigenvalue weighted by Crippen LogP contribution is -2.61. The van der Waals surface area contributed by atoms with Gasteiger partial charge in [0.15, 0.2) is 6.29 Å². The van der Waals surface area contributed by atoms with Gasteiger partial charge in [-0.3, -0.25) is 68.9 Å². The number of nitrogens with zero attached hydrogens (tertiary/aromatic N) is 9. The number of ether oxygens (including phenoxy) is 2. The zero-order chi connectivity index (χ0) is 74.6. The molecule has 0 bridgehead atoms. The number of piperidine rings is 4. The van der Waals surface area contributed by atoms with E-state index in [4.69, 9.17) is 32.7 Å². The topological polar surface area (TPSA) is 250 Å². The molecule has 6 aliphatic heterocycles. The quantitative estimate of drug-likeness (QED) is 0.0365. The average Bonchev–Trinajstić information content (AvgIpc) is 0.776. The number of likely N-dealkylation sites (tertiary alicyclic amines) is 1. The summed E-state index contributed by atoms with van der Waals surface area (Å²) < 4.78 is 104. The second-order valence-corrected chi connectivity index (χ2v) is 27.6. The largest absolute Gasteiger partial charge is 0.496 e. The second-order valence-electron chi connectivity index (χ2n) is 26.8. The Morgan fingerprint density at radius 1 is 0.581 bits per heavy atom. The van der Waals surface area contributed by atoms with Crippen LogP contribution < -0.4 is 57.0 Å². The summed E-state index contributed by atoms with van der Waals surface area (Å²) in [6, 6.07) is 16.9. The molecule has 4 aromatic carbocycles. The number of piperazine rings is 2. The third kappa shape index (κ3) is 16.6. The molecule has 0 radical (unpaired) electrons. The number of aryl methyl sites for hydroxylation is 2. The van der Waals surface area contributed by atoms with Gasteiger partial charge in [0.25, 0.3) is 23.0 Å². The van der Waals surface area contributed by atoms with Crippen LogP contribution in [0.4, 0.5) is 49.1 Å². The van der Waals surface area contributed by atoms with Crippen molar-refractivity contribution in [2.45, 2.75) is 81.1 Å². The number of hydrogen-bond acceptors (Lipinski definition) is 19. The number of carbonyl (C=O) groups is 5.